The molecule has 2 aromatic rings. The van der Waals surface area contributed by atoms with Crippen LogP contribution in [-0.4, -0.2) is 44.9 Å². The highest BCUT2D eigenvalue weighted by Gasteiger charge is 2.27. The molecule has 1 aromatic heterocycles. The van der Waals surface area contributed by atoms with E-state index in [9.17, 15) is 13.2 Å². The minimum absolute atomic E-state index is 0.0982. The van der Waals surface area contributed by atoms with Gasteiger partial charge in [0, 0.05) is 31.2 Å². The molecule has 1 saturated heterocycles. The fourth-order valence-electron chi connectivity index (χ4n) is 4.63. The van der Waals surface area contributed by atoms with Gasteiger partial charge in [-0.2, -0.15) is 0 Å². The molecule has 4 rings (SSSR count). The van der Waals surface area contributed by atoms with Gasteiger partial charge in [0.25, 0.3) is 5.91 Å². The summed E-state index contributed by atoms with van der Waals surface area (Å²) in [6, 6.07) is 9.95. The molecule has 0 unspecified atom stereocenters. The standard InChI is InChI=1S/C23H30N2O4S/c26-23(24-20-10-13-25(14-11-20)16-18-6-4-5-7-18)22-19(12-15-29-22)17-30(27,28)21-8-2-1-3-9-21/h1-3,8-9,12,15,18,20H,4-7,10-11,13-14,16-17H2,(H,24,26). The molecular formula is C23H30N2O4S. The van der Waals surface area contributed by atoms with Gasteiger partial charge in [-0.3, -0.25) is 4.79 Å². The van der Waals surface area contributed by atoms with E-state index in [0.717, 1.165) is 31.8 Å². The van der Waals surface area contributed by atoms with Crippen LogP contribution in [-0.2, 0) is 15.6 Å². The van der Waals surface area contributed by atoms with Crippen LogP contribution in [0.1, 0.15) is 54.6 Å². The number of likely N-dealkylation sites (tertiary alicyclic amines) is 1. The van der Waals surface area contributed by atoms with Crippen LogP contribution in [0.25, 0.3) is 0 Å². The Kier molecular flexibility index (Phi) is 6.58. The van der Waals surface area contributed by atoms with Gasteiger partial charge in [-0.1, -0.05) is 31.0 Å². The molecule has 162 valence electrons. The lowest BCUT2D eigenvalue weighted by Gasteiger charge is -2.33. The predicted molar refractivity (Wildman–Crippen MR) is 115 cm³/mol. The maximum Gasteiger partial charge on any atom is 0.287 e. The van der Waals surface area contributed by atoms with Crippen molar-refractivity contribution in [2.45, 2.75) is 55.2 Å². The topological polar surface area (TPSA) is 79.6 Å². The van der Waals surface area contributed by atoms with E-state index >= 15 is 0 Å². The van der Waals surface area contributed by atoms with Crippen molar-refractivity contribution in [1.29, 1.82) is 0 Å². The summed E-state index contributed by atoms with van der Waals surface area (Å²) in [7, 11) is -3.54. The largest absolute Gasteiger partial charge is 0.459 e. The minimum Gasteiger partial charge on any atom is -0.459 e. The van der Waals surface area contributed by atoms with E-state index in [-0.39, 0.29) is 28.4 Å². The molecular weight excluding hydrogens is 400 g/mol. The maximum absolute atomic E-state index is 12.8. The van der Waals surface area contributed by atoms with Crippen molar-refractivity contribution in [3.05, 3.63) is 54.0 Å². The van der Waals surface area contributed by atoms with Crippen LogP contribution < -0.4 is 5.32 Å². The molecule has 0 radical (unpaired) electrons. The summed E-state index contributed by atoms with van der Waals surface area (Å²) in [6.07, 6.45) is 8.64. The molecule has 1 amide bonds. The quantitative estimate of drug-likeness (QED) is 0.725. The maximum atomic E-state index is 12.8. The summed E-state index contributed by atoms with van der Waals surface area (Å²) in [5.74, 6) is 0.361. The highest BCUT2D eigenvalue weighted by Crippen LogP contribution is 2.26. The van der Waals surface area contributed by atoms with Crippen LogP contribution in [0.15, 0.2) is 52.0 Å². The van der Waals surface area contributed by atoms with Gasteiger partial charge in [0.05, 0.1) is 16.9 Å². The monoisotopic (exact) mass is 430 g/mol. The molecule has 1 aromatic carbocycles. The van der Waals surface area contributed by atoms with E-state index in [1.54, 1.807) is 36.4 Å². The predicted octanol–water partition coefficient (Wildman–Crippen LogP) is 3.64. The number of carbonyl (C=O) groups excluding carboxylic acids is 1. The summed E-state index contributed by atoms with van der Waals surface area (Å²) < 4.78 is 30.7. The minimum atomic E-state index is -3.54. The van der Waals surface area contributed by atoms with Crippen molar-refractivity contribution in [3.63, 3.8) is 0 Å². The second-order valence-electron chi connectivity index (χ2n) is 8.55. The molecule has 1 saturated carbocycles. The Hall–Kier alpha value is -2.12. The second-order valence-corrected chi connectivity index (χ2v) is 10.5. The van der Waals surface area contributed by atoms with Gasteiger partial charge in [-0.05, 0) is 49.8 Å². The Labute approximate surface area is 178 Å². The molecule has 7 heteroatoms. The smallest absolute Gasteiger partial charge is 0.287 e. The molecule has 1 aliphatic heterocycles. The van der Waals surface area contributed by atoms with Crippen molar-refractivity contribution in [1.82, 2.24) is 10.2 Å². The van der Waals surface area contributed by atoms with Crippen LogP contribution in [0, 0.1) is 5.92 Å². The molecule has 2 aliphatic rings. The first kappa shape index (κ1) is 21.1. The van der Waals surface area contributed by atoms with Gasteiger partial charge in [0.2, 0.25) is 0 Å². The zero-order valence-electron chi connectivity index (χ0n) is 17.3. The van der Waals surface area contributed by atoms with Gasteiger partial charge in [-0.25, -0.2) is 8.42 Å². The molecule has 0 bridgehead atoms. The number of nitrogens with zero attached hydrogens (tertiary/aromatic N) is 1. The van der Waals surface area contributed by atoms with E-state index in [2.05, 4.69) is 10.2 Å². The first-order chi connectivity index (χ1) is 14.5. The van der Waals surface area contributed by atoms with E-state index < -0.39 is 9.84 Å². The third-order valence-corrected chi connectivity index (χ3v) is 8.00. The Morgan fingerprint density at radius 1 is 1.03 bits per heavy atom. The Morgan fingerprint density at radius 2 is 1.73 bits per heavy atom. The number of hydrogen-bond donors (Lipinski definition) is 1. The Morgan fingerprint density at radius 3 is 2.43 bits per heavy atom. The van der Waals surface area contributed by atoms with E-state index in [1.807, 2.05) is 0 Å². The van der Waals surface area contributed by atoms with E-state index in [0.29, 0.717) is 5.56 Å². The lowest BCUT2D eigenvalue weighted by Crippen LogP contribution is -2.45. The summed E-state index contributed by atoms with van der Waals surface area (Å²) in [5.41, 5.74) is 0.398. The lowest BCUT2D eigenvalue weighted by molar-refractivity contribution is 0.0877. The molecule has 6 nitrogen and oxygen atoms in total. The van der Waals surface area contributed by atoms with Crippen LogP contribution in [0.2, 0.25) is 0 Å². The fourth-order valence-corrected chi connectivity index (χ4v) is 6.01. The molecule has 2 fully saturated rings. The molecule has 0 atom stereocenters. The first-order valence-corrected chi connectivity index (χ1v) is 12.5. The third-order valence-electron chi connectivity index (χ3n) is 6.31. The van der Waals surface area contributed by atoms with Gasteiger partial charge in [0.15, 0.2) is 15.6 Å². The number of amides is 1. The van der Waals surface area contributed by atoms with Crippen LogP contribution in [0.4, 0.5) is 0 Å². The molecule has 1 N–H and O–H groups in total. The number of carbonyl (C=O) groups is 1. The van der Waals surface area contributed by atoms with Gasteiger partial charge >= 0.3 is 0 Å². The first-order valence-electron chi connectivity index (χ1n) is 10.9. The second kappa shape index (κ2) is 9.35. The van der Waals surface area contributed by atoms with Crippen molar-refractivity contribution in [3.8, 4) is 0 Å². The Balaban J connectivity index is 1.32. The number of furan rings is 1. The van der Waals surface area contributed by atoms with E-state index in [4.69, 9.17) is 4.42 Å². The van der Waals surface area contributed by atoms with Crippen molar-refractivity contribution in [2.24, 2.45) is 5.92 Å². The fraction of sp³-hybridized carbons (Fsp3) is 0.522. The molecule has 30 heavy (non-hydrogen) atoms. The number of rotatable bonds is 7. The average molecular weight is 431 g/mol. The van der Waals surface area contributed by atoms with Crippen LogP contribution in [0.5, 0.6) is 0 Å². The highest BCUT2D eigenvalue weighted by molar-refractivity contribution is 7.90. The van der Waals surface area contributed by atoms with Crippen LogP contribution >= 0.6 is 0 Å². The normalized spacial score (nSPS) is 19.2. The average Bonchev–Trinajstić information content (AvgIpc) is 3.42. The number of hydrogen-bond acceptors (Lipinski definition) is 5. The van der Waals surface area contributed by atoms with Crippen molar-refractivity contribution < 1.29 is 17.6 Å². The number of benzene rings is 1. The number of piperidine rings is 1. The zero-order valence-corrected chi connectivity index (χ0v) is 18.1. The van der Waals surface area contributed by atoms with E-state index in [1.165, 1.54) is 38.5 Å². The SMILES string of the molecule is O=C(NC1CCN(CC2CCCC2)CC1)c1occc1CS(=O)(=O)c1ccccc1. The van der Waals surface area contributed by atoms with Gasteiger partial charge in [0.1, 0.15) is 0 Å². The van der Waals surface area contributed by atoms with Crippen molar-refractivity contribution in [2.75, 3.05) is 19.6 Å². The summed E-state index contributed by atoms with van der Waals surface area (Å²) in [5, 5.41) is 3.05. The number of nitrogens with one attached hydrogen (secondary N) is 1. The Bertz CT molecular complexity index is 941. The third kappa shape index (κ3) is 5.13. The molecule has 1 aliphatic carbocycles. The van der Waals surface area contributed by atoms with Crippen molar-refractivity contribution >= 4 is 15.7 Å². The number of sulfone groups is 1. The lowest BCUT2D eigenvalue weighted by atomic mass is 10.0. The highest BCUT2D eigenvalue weighted by atomic mass is 32.2. The zero-order chi connectivity index (χ0) is 21.0. The van der Waals surface area contributed by atoms with Gasteiger partial charge in [-0.15, -0.1) is 0 Å². The summed E-state index contributed by atoms with van der Waals surface area (Å²) >= 11 is 0. The molecule has 0 spiro atoms. The summed E-state index contributed by atoms with van der Waals surface area (Å²) in [4.78, 5) is 15.5. The molecule has 2 heterocycles. The van der Waals surface area contributed by atoms with Gasteiger partial charge < -0.3 is 14.6 Å². The summed E-state index contributed by atoms with van der Waals surface area (Å²) in [6.45, 7) is 3.17. The van der Waals surface area contributed by atoms with Crippen LogP contribution in [0.3, 0.4) is 0 Å².